The highest BCUT2D eigenvalue weighted by atomic mass is 35.5. The number of hydrogen-bond acceptors (Lipinski definition) is 3. The van der Waals surface area contributed by atoms with Crippen molar-refractivity contribution in [2.45, 2.75) is 5.92 Å². The standard InChI is InChI=1S/C13H16F2N4O2.ClH/c14-13(15,7-16)8-18-11(20)9-1-3-10(4-2-9)19-6-5-17-12(19)21;/h1-4H,5-8,16H2,(H,17,21)(H,18,20);1H. The van der Waals surface area contributed by atoms with E-state index in [4.69, 9.17) is 5.73 Å². The van der Waals surface area contributed by atoms with Gasteiger partial charge in [0.25, 0.3) is 11.8 Å². The van der Waals surface area contributed by atoms with Crippen molar-refractivity contribution in [3.8, 4) is 0 Å². The second-order valence-electron chi connectivity index (χ2n) is 4.67. The van der Waals surface area contributed by atoms with Gasteiger partial charge < -0.3 is 16.4 Å². The van der Waals surface area contributed by atoms with Crippen molar-refractivity contribution in [2.24, 2.45) is 5.73 Å². The van der Waals surface area contributed by atoms with Crippen molar-refractivity contribution >= 4 is 30.0 Å². The lowest BCUT2D eigenvalue weighted by atomic mass is 10.2. The molecule has 122 valence electrons. The lowest BCUT2D eigenvalue weighted by Crippen LogP contribution is -2.41. The molecule has 0 atom stereocenters. The third kappa shape index (κ3) is 4.28. The molecule has 4 N–H and O–H groups in total. The number of alkyl halides is 2. The lowest BCUT2D eigenvalue weighted by Gasteiger charge is -2.16. The summed E-state index contributed by atoms with van der Waals surface area (Å²) >= 11 is 0. The van der Waals surface area contributed by atoms with Crippen LogP contribution in [0.4, 0.5) is 19.3 Å². The Hall–Kier alpha value is -1.93. The summed E-state index contributed by atoms with van der Waals surface area (Å²) < 4.78 is 25.9. The third-order valence-electron chi connectivity index (χ3n) is 3.10. The zero-order chi connectivity index (χ0) is 15.5. The summed E-state index contributed by atoms with van der Waals surface area (Å²) in [6, 6.07) is 5.96. The fourth-order valence-electron chi connectivity index (χ4n) is 1.89. The molecule has 1 fully saturated rings. The Bertz CT molecular complexity index is 539. The molecule has 0 saturated carbocycles. The molecule has 1 aliphatic heterocycles. The van der Waals surface area contributed by atoms with E-state index in [2.05, 4.69) is 10.6 Å². The number of halogens is 3. The van der Waals surface area contributed by atoms with Crippen LogP contribution in [-0.4, -0.2) is 44.0 Å². The summed E-state index contributed by atoms with van der Waals surface area (Å²) in [5, 5.41) is 4.79. The Balaban J connectivity index is 0.00000242. The van der Waals surface area contributed by atoms with Crippen LogP contribution in [0.1, 0.15) is 10.4 Å². The van der Waals surface area contributed by atoms with Crippen LogP contribution in [0.25, 0.3) is 0 Å². The van der Waals surface area contributed by atoms with Gasteiger partial charge in [-0.25, -0.2) is 13.6 Å². The van der Waals surface area contributed by atoms with Gasteiger partial charge in [-0.3, -0.25) is 9.69 Å². The highest BCUT2D eigenvalue weighted by Crippen LogP contribution is 2.17. The van der Waals surface area contributed by atoms with E-state index in [9.17, 15) is 18.4 Å². The van der Waals surface area contributed by atoms with Gasteiger partial charge in [0.1, 0.15) is 0 Å². The minimum Gasteiger partial charge on any atom is -0.346 e. The molecule has 1 aromatic rings. The van der Waals surface area contributed by atoms with Crippen molar-refractivity contribution in [2.75, 3.05) is 31.1 Å². The molecule has 0 spiro atoms. The number of amides is 3. The molecule has 6 nitrogen and oxygen atoms in total. The maximum Gasteiger partial charge on any atom is 0.321 e. The summed E-state index contributed by atoms with van der Waals surface area (Å²) in [5.41, 5.74) is 5.78. The van der Waals surface area contributed by atoms with Crippen LogP contribution in [0, 0.1) is 0 Å². The van der Waals surface area contributed by atoms with Crippen LogP contribution < -0.4 is 21.3 Å². The van der Waals surface area contributed by atoms with Gasteiger partial charge in [0.2, 0.25) is 0 Å². The monoisotopic (exact) mass is 334 g/mol. The Morgan fingerprint density at radius 3 is 2.50 bits per heavy atom. The highest BCUT2D eigenvalue weighted by Gasteiger charge is 2.27. The Morgan fingerprint density at radius 2 is 2.00 bits per heavy atom. The van der Waals surface area contributed by atoms with Gasteiger partial charge in [-0.1, -0.05) is 0 Å². The summed E-state index contributed by atoms with van der Waals surface area (Å²) in [4.78, 5) is 24.7. The topological polar surface area (TPSA) is 87.5 Å². The second kappa shape index (κ2) is 7.37. The van der Waals surface area contributed by atoms with Crippen LogP contribution >= 0.6 is 12.4 Å². The molecular weight excluding hydrogens is 318 g/mol. The third-order valence-corrected chi connectivity index (χ3v) is 3.10. The van der Waals surface area contributed by atoms with Crippen LogP contribution in [0.3, 0.4) is 0 Å². The number of hydrogen-bond donors (Lipinski definition) is 3. The maximum atomic E-state index is 12.9. The van der Waals surface area contributed by atoms with E-state index in [0.717, 1.165) is 0 Å². The van der Waals surface area contributed by atoms with Gasteiger partial charge in [0.15, 0.2) is 0 Å². The average Bonchev–Trinajstić information content (AvgIpc) is 2.91. The van der Waals surface area contributed by atoms with E-state index < -0.39 is 24.9 Å². The molecule has 0 aliphatic carbocycles. The van der Waals surface area contributed by atoms with Crippen molar-refractivity contribution in [3.05, 3.63) is 29.8 Å². The second-order valence-corrected chi connectivity index (χ2v) is 4.67. The number of rotatable bonds is 5. The van der Waals surface area contributed by atoms with Crippen molar-refractivity contribution in [1.29, 1.82) is 0 Å². The van der Waals surface area contributed by atoms with Gasteiger partial charge in [0, 0.05) is 24.3 Å². The van der Waals surface area contributed by atoms with Crippen LogP contribution in [0.2, 0.25) is 0 Å². The number of carbonyl (C=O) groups excluding carboxylic acids is 2. The summed E-state index contributed by atoms with van der Waals surface area (Å²) in [7, 11) is 0. The largest absolute Gasteiger partial charge is 0.346 e. The molecule has 3 amide bonds. The van der Waals surface area contributed by atoms with E-state index in [1.54, 1.807) is 12.1 Å². The maximum absolute atomic E-state index is 12.9. The first-order chi connectivity index (χ1) is 9.93. The van der Waals surface area contributed by atoms with Gasteiger partial charge in [-0.05, 0) is 24.3 Å². The summed E-state index contributed by atoms with van der Waals surface area (Å²) in [6.45, 7) is -0.517. The van der Waals surface area contributed by atoms with Crippen LogP contribution in [0.15, 0.2) is 24.3 Å². The Kier molecular flexibility index (Phi) is 6.07. The van der Waals surface area contributed by atoms with E-state index in [-0.39, 0.29) is 24.0 Å². The molecule has 1 saturated heterocycles. The number of urea groups is 1. The molecule has 1 heterocycles. The van der Waals surface area contributed by atoms with Crippen LogP contribution in [0.5, 0.6) is 0 Å². The number of anilines is 1. The molecule has 22 heavy (non-hydrogen) atoms. The van der Waals surface area contributed by atoms with E-state index in [1.807, 2.05) is 0 Å². The summed E-state index contributed by atoms with van der Waals surface area (Å²) in [6.07, 6.45) is 0. The molecule has 1 aliphatic rings. The molecule has 9 heteroatoms. The first-order valence-corrected chi connectivity index (χ1v) is 6.44. The number of nitrogens with one attached hydrogen (secondary N) is 2. The van der Waals surface area contributed by atoms with Crippen molar-refractivity contribution in [3.63, 3.8) is 0 Å². The predicted molar refractivity (Wildman–Crippen MR) is 80.8 cm³/mol. The first-order valence-electron chi connectivity index (χ1n) is 6.44. The number of carbonyl (C=O) groups is 2. The number of nitrogens with zero attached hydrogens (tertiary/aromatic N) is 1. The average molecular weight is 335 g/mol. The minimum atomic E-state index is -3.12. The van der Waals surface area contributed by atoms with Gasteiger partial charge in [-0.2, -0.15) is 0 Å². The molecular formula is C13H17ClF2N4O2. The van der Waals surface area contributed by atoms with Gasteiger partial charge >= 0.3 is 6.03 Å². The molecule has 0 aromatic heterocycles. The molecule has 2 rings (SSSR count). The van der Waals surface area contributed by atoms with Crippen LogP contribution in [-0.2, 0) is 0 Å². The normalized spacial score (nSPS) is 14.3. The van der Waals surface area contributed by atoms with E-state index >= 15 is 0 Å². The smallest absolute Gasteiger partial charge is 0.321 e. The predicted octanol–water partition coefficient (Wildman–Crippen LogP) is 0.962. The minimum absolute atomic E-state index is 0. The Labute approximate surface area is 132 Å². The quantitative estimate of drug-likeness (QED) is 0.749. The van der Waals surface area contributed by atoms with E-state index in [1.165, 1.54) is 17.0 Å². The van der Waals surface area contributed by atoms with E-state index in [0.29, 0.717) is 18.8 Å². The molecule has 0 unspecified atom stereocenters. The zero-order valence-electron chi connectivity index (χ0n) is 11.6. The first kappa shape index (κ1) is 18.1. The number of benzene rings is 1. The molecule has 0 radical (unpaired) electrons. The number of nitrogens with two attached hydrogens (primary N) is 1. The summed E-state index contributed by atoms with van der Waals surface area (Å²) in [5.74, 6) is -3.73. The van der Waals surface area contributed by atoms with Gasteiger partial charge in [-0.15, -0.1) is 12.4 Å². The Morgan fingerprint density at radius 1 is 1.36 bits per heavy atom. The fourth-order valence-corrected chi connectivity index (χ4v) is 1.89. The lowest BCUT2D eigenvalue weighted by molar-refractivity contribution is 0.0118. The molecule has 0 bridgehead atoms. The zero-order valence-corrected chi connectivity index (χ0v) is 12.5. The van der Waals surface area contributed by atoms with Gasteiger partial charge in [0.05, 0.1) is 13.1 Å². The molecule has 1 aromatic carbocycles. The highest BCUT2D eigenvalue weighted by molar-refractivity contribution is 5.97. The van der Waals surface area contributed by atoms with Crippen molar-refractivity contribution < 1.29 is 18.4 Å². The SMILES string of the molecule is Cl.NCC(F)(F)CNC(=O)c1ccc(N2CCNC2=O)cc1. The fraction of sp³-hybridized carbons (Fsp3) is 0.385. The van der Waals surface area contributed by atoms with Crippen molar-refractivity contribution in [1.82, 2.24) is 10.6 Å².